The van der Waals surface area contributed by atoms with E-state index >= 15 is 0 Å². The number of amides is 2. The molecule has 1 atom stereocenters. The van der Waals surface area contributed by atoms with Crippen LogP contribution in [0.3, 0.4) is 0 Å². The van der Waals surface area contributed by atoms with Crippen molar-refractivity contribution in [3.05, 3.63) is 42.2 Å². The molecular formula is C26H36FN5O2. The van der Waals surface area contributed by atoms with Crippen molar-refractivity contribution in [1.82, 2.24) is 20.0 Å². The van der Waals surface area contributed by atoms with Crippen molar-refractivity contribution in [2.45, 2.75) is 53.0 Å². The van der Waals surface area contributed by atoms with Crippen molar-refractivity contribution < 1.29 is 14.0 Å². The molecule has 0 radical (unpaired) electrons. The zero-order valence-electron chi connectivity index (χ0n) is 20.7. The standard InChI is InChI=1S/C26H36FN5O2/c1-5-20(4)32(25(33)17-19(2)3)18-26(34)31-14-6-13-30(15-16-31)24-12-11-23(28-29-24)21-7-9-22(27)10-8-21/h7-12,19-20H,5-6,13-18H2,1-4H3/t20-/m0/s1. The molecule has 1 aliphatic rings. The lowest BCUT2D eigenvalue weighted by atomic mass is 10.1. The van der Waals surface area contributed by atoms with Gasteiger partial charge in [-0.2, -0.15) is 0 Å². The molecule has 1 aromatic carbocycles. The van der Waals surface area contributed by atoms with Crippen LogP contribution >= 0.6 is 0 Å². The first-order chi connectivity index (χ1) is 16.3. The molecule has 0 saturated carbocycles. The summed E-state index contributed by atoms with van der Waals surface area (Å²) >= 11 is 0. The molecule has 1 aromatic heterocycles. The molecule has 0 spiro atoms. The normalized spacial score (nSPS) is 15.2. The van der Waals surface area contributed by atoms with Gasteiger partial charge in [0, 0.05) is 44.2 Å². The van der Waals surface area contributed by atoms with E-state index < -0.39 is 0 Å². The summed E-state index contributed by atoms with van der Waals surface area (Å²) < 4.78 is 13.2. The van der Waals surface area contributed by atoms with Gasteiger partial charge in [0.05, 0.1) is 12.2 Å². The second-order valence-corrected chi connectivity index (χ2v) is 9.38. The molecule has 184 valence electrons. The molecule has 0 N–H and O–H groups in total. The molecule has 8 heteroatoms. The van der Waals surface area contributed by atoms with E-state index in [2.05, 4.69) is 15.1 Å². The van der Waals surface area contributed by atoms with Gasteiger partial charge in [-0.05, 0) is 62.1 Å². The lowest BCUT2D eigenvalue weighted by Crippen LogP contribution is -2.47. The fraction of sp³-hybridized carbons (Fsp3) is 0.538. The van der Waals surface area contributed by atoms with Crippen molar-refractivity contribution in [3.8, 4) is 11.3 Å². The Labute approximate surface area is 201 Å². The first kappa shape index (κ1) is 25.6. The van der Waals surface area contributed by atoms with E-state index in [-0.39, 0.29) is 36.1 Å². The zero-order valence-corrected chi connectivity index (χ0v) is 20.7. The van der Waals surface area contributed by atoms with Gasteiger partial charge < -0.3 is 14.7 Å². The van der Waals surface area contributed by atoms with Crippen LogP contribution in [0.4, 0.5) is 10.2 Å². The molecule has 0 bridgehead atoms. The Hall–Kier alpha value is -3.03. The number of halogens is 1. The Balaban J connectivity index is 1.61. The predicted octanol–water partition coefficient (Wildman–Crippen LogP) is 3.99. The Bertz CT molecular complexity index is 949. The highest BCUT2D eigenvalue weighted by molar-refractivity contribution is 5.85. The topological polar surface area (TPSA) is 69.6 Å². The monoisotopic (exact) mass is 469 g/mol. The third-order valence-electron chi connectivity index (χ3n) is 6.29. The van der Waals surface area contributed by atoms with Crippen LogP contribution < -0.4 is 4.90 Å². The summed E-state index contributed by atoms with van der Waals surface area (Å²) in [5.41, 5.74) is 1.50. The number of hydrogen-bond acceptors (Lipinski definition) is 5. The number of rotatable bonds is 8. The lowest BCUT2D eigenvalue weighted by molar-refractivity contribution is -0.142. The van der Waals surface area contributed by atoms with Crippen LogP contribution in [0.1, 0.15) is 47.0 Å². The van der Waals surface area contributed by atoms with Crippen LogP contribution in [0.2, 0.25) is 0 Å². The number of aromatic nitrogens is 2. The first-order valence-corrected chi connectivity index (χ1v) is 12.2. The van der Waals surface area contributed by atoms with E-state index in [9.17, 15) is 14.0 Å². The molecule has 2 aromatic rings. The van der Waals surface area contributed by atoms with Gasteiger partial charge in [-0.3, -0.25) is 9.59 Å². The molecule has 3 rings (SSSR count). The lowest BCUT2D eigenvalue weighted by Gasteiger charge is -2.31. The van der Waals surface area contributed by atoms with Crippen LogP contribution in [0.15, 0.2) is 36.4 Å². The van der Waals surface area contributed by atoms with E-state index in [1.165, 1.54) is 12.1 Å². The van der Waals surface area contributed by atoms with Gasteiger partial charge in [0.25, 0.3) is 0 Å². The van der Waals surface area contributed by atoms with Crippen molar-refractivity contribution in [2.24, 2.45) is 5.92 Å². The second kappa shape index (κ2) is 11.9. The van der Waals surface area contributed by atoms with Crippen LogP contribution in [0, 0.1) is 11.7 Å². The molecule has 2 heterocycles. The van der Waals surface area contributed by atoms with Gasteiger partial charge in [0.1, 0.15) is 5.82 Å². The van der Waals surface area contributed by atoms with Crippen molar-refractivity contribution >= 4 is 17.6 Å². The molecule has 2 amide bonds. The number of carbonyl (C=O) groups excluding carboxylic acids is 2. The Morgan fingerprint density at radius 1 is 1.00 bits per heavy atom. The molecule has 34 heavy (non-hydrogen) atoms. The van der Waals surface area contributed by atoms with E-state index in [0.29, 0.717) is 31.7 Å². The maximum Gasteiger partial charge on any atom is 0.242 e. The fourth-order valence-electron chi connectivity index (χ4n) is 4.09. The van der Waals surface area contributed by atoms with Gasteiger partial charge in [0.2, 0.25) is 11.8 Å². The van der Waals surface area contributed by atoms with Crippen molar-refractivity contribution in [1.29, 1.82) is 0 Å². The second-order valence-electron chi connectivity index (χ2n) is 9.38. The molecule has 1 aliphatic heterocycles. The van der Waals surface area contributed by atoms with Crippen LogP contribution in [-0.2, 0) is 9.59 Å². The van der Waals surface area contributed by atoms with Crippen molar-refractivity contribution in [3.63, 3.8) is 0 Å². The zero-order chi connectivity index (χ0) is 24.7. The summed E-state index contributed by atoms with van der Waals surface area (Å²) in [5, 5.41) is 8.68. The molecule has 0 aliphatic carbocycles. The predicted molar refractivity (Wildman–Crippen MR) is 132 cm³/mol. The minimum atomic E-state index is -0.284. The maximum absolute atomic E-state index is 13.2. The number of anilines is 1. The van der Waals surface area contributed by atoms with Crippen molar-refractivity contribution in [2.75, 3.05) is 37.6 Å². The smallest absolute Gasteiger partial charge is 0.242 e. The van der Waals surface area contributed by atoms with Crippen LogP contribution in [-0.4, -0.2) is 70.6 Å². The average Bonchev–Trinajstić information content (AvgIpc) is 3.08. The minimum Gasteiger partial charge on any atom is -0.353 e. The van der Waals surface area contributed by atoms with E-state index in [0.717, 1.165) is 30.8 Å². The average molecular weight is 470 g/mol. The number of nitrogens with zero attached hydrogens (tertiary/aromatic N) is 5. The fourth-order valence-corrected chi connectivity index (χ4v) is 4.09. The number of carbonyl (C=O) groups is 2. The minimum absolute atomic E-state index is 0.00278. The van der Waals surface area contributed by atoms with Gasteiger partial charge in [-0.1, -0.05) is 20.8 Å². The molecular weight excluding hydrogens is 433 g/mol. The third kappa shape index (κ3) is 6.74. The summed E-state index contributed by atoms with van der Waals surface area (Å²) in [5.74, 6) is 0.779. The number of hydrogen-bond donors (Lipinski definition) is 0. The van der Waals surface area contributed by atoms with Crippen LogP contribution in [0.25, 0.3) is 11.3 Å². The first-order valence-electron chi connectivity index (χ1n) is 12.2. The van der Waals surface area contributed by atoms with E-state index in [4.69, 9.17) is 0 Å². The maximum atomic E-state index is 13.2. The number of benzene rings is 1. The van der Waals surface area contributed by atoms with Gasteiger partial charge in [0.15, 0.2) is 5.82 Å². The quantitative estimate of drug-likeness (QED) is 0.585. The Morgan fingerprint density at radius 3 is 2.35 bits per heavy atom. The van der Waals surface area contributed by atoms with Gasteiger partial charge >= 0.3 is 0 Å². The van der Waals surface area contributed by atoms with E-state index in [1.807, 2.05) is 44.7 Å². The highest BCUT2D eigenvalue weighted by Gasteiger charge is 2.26. The summed E-state index contributed by atoms with van der Waals surface area (Å²) in [6, 6.07) is 10.0. The Morgan fingerprint density at radius 2 is 1.74 bits per heavy atom. The molecule has 1 saturated heterocycles. The SMILES string of the molecule is CC[C@H](C)N(CC(=O)N1CCCN(c2ccc(-c3ccc(F)cc3)nn2)CC1)C(=O)CC(C)C. The molecule has 7 nitrogen and oxygen atoms in total. The highest BCUT2D eigenvalue weighted by Crippen LogP contribution is 2.20. The molecule has 0 unspecified atom stereocenters. The largest absolute Gasteiger partial charge is 0.353 e. The summed E-state index contributed by atoms with van der Waals surface area (Å²) in [6.07, 6.45) is 2.09. The van der Waals surface area contributed by atoms with Gasteiger partial charge in [-0.15, -0.1) is 10.2 Å². The third-order valence-corrected chi connectivity index (χ3v) is 6.29. The summed E-state index contributed by atoms with van der Waals surface area (Å²) in [6.45, 7) is 10.9. The van der Waals surface area contributed by atoms with Gasteiger partial charge in [-0.25, -0.2) is 4.39 Å². The molecule has 1 fully saturated rings. The van der Waals surface area contributed by atoms with Crippen LogP contribution in [0.5, 0.6) is 0 Å². The van der Waals surface area contributed by atoms with E-state index in [1.54, 1.807) is 17.0 Å². The Kier molecular flexibility index (Phi) is 8.96. The highest BCUT2D eigenvalue weighted by atomic mass is 19.1. The summed E-state index contributed by atoms with van der Waals surface area (Å²) in [4.78, 5) is 31.6. The summed E-state index contributed by atoms with van der Waals surface area (Å²) in [7, 11) is 0.